The van der Waals surface area contributed by atoms with E-state index in [1.165, 1.54) is 12.8 Å². The molecule has 0 amide bonds. The van der Waals surface area contributed by atoms with Crippen molar-refractivity contribution in [3.63, 3.8) is 0 Å². The maximum absolute atomic E-state index is 10.3. The van der Waals surface area contributed by atoms with Crippen molar-refractivity contribution in [2.75, 3.05) is 0 Å². The Morgan fingerprint density at radius 3 is 2.38 bits per heavy atom. The Morgan fingerprint density at radius 1 is 1.31 bits per heavy atom. The van der Waals surface area contributed by atoms with E-state index >= 15 is 0 Å². The van der Waals surface area contributed by atoms with Gasteiger partial charge in [-0.25, -0.2) is 4.79 Å². The molecule has 0 spiro atoms. The van der Waals surface area contributed by atoms with E-state index in [1.54, 1.807) is 0 Å². The highest BCUT2D eigenvalue weighted by Gasteiger charge is 2.21. The molecule has 0 aliphatic carbocycles. The number of carbonyl (C=O) groups is 1. The number of carboxylic acid groups (broad SMARTS) is 1. The van der Waals surface area contributed by atoms with Crippen molar-refractivity contribution in [1.29, 1.82) is 0 Å². The first kappa shape index (κ1) is 12.3. The Balaban J connectivity index is 3.56. The van der Waals surface area contributed by atoms with E-state index in [4.69, 9.17) is 9.84 Å². The lowest BCUT2D eigenvalue weighted by Crippen LogP contribution is -2.27. The monoisotopic (exact) mass is 188 g/mol. The van der Waals surface area contributed by atoms with E-state index in [0.717, 1.165) is 19.3 Å². The molecule has 0 atom stereocenters. The smallest absolute Gasteiger partial charge is 0.450 e. The summed E-state index contributed by atoms with van der Waals surface area (Å²) in [5, 5.41) is 8.43. The van der Waals surface area contributed by atoms with Crippen LogP contribution in [0.3, 0.4) is 0 Å². The molecule has 0 radical (unpaired) electrons. The van der Waals surface area contributed by atoms with E-state index in [2.05, 4.69) is 6.92 Å². The molecule has 1 N–H and O–H groups in total. The fourth-order valence-electron chi connectivity index (χ4n) is 1.26. The van der Waals surface area contributed by atoms with Gasteiger partial charge in [-0.2, -0.15) is 0 Å². The number of unbranched alkanes of at least 4 members (excludes halogenated alkanes) is 3. The van der Waals surface area contributed by atoms with Crippen LogP contribution in [0, 0.1) is 0 Å². The predicted octanol–water partition coefficient (Wildman–Crippen LogP) is 3.43. The number of hydrogen-bond donors (Lipinski definition) is 1. The first-order valence-electron chi connectivity index (χ1n) is 4.90. The first-order valence-corrected chi connectivity index (χ1v) is 4.90. The van der Waals surface area contributed by atoms with Crippen molar-refractivity contribution in [2.45, 2.75) is 58.5 Å². The molecule has 0 heterocycles. The predicted molar refractivity (Wildman–Crippen MR) is 51.9 cm³/mol. The van der Waals surface area contributed by atoms with Crippen LogP contribution in [-0.2, 0) is 4.74 Å². The van der Waals surface area contributed by atoms with Gasteiger partial charge in [-0.15, -0.1) is 0 Å². The van der Waals surface area contributed by atoms with Crippen LogP contribution in [0.15, 0.2) is 0 Å². The van der Waals surface area contributed by atoms with Crippen LogP contribution in [0.5, 0.6) is 0 Å². The number of rotatable bonds is 6. The van der Waals surface area contributed by atoms with Gasteiger partial charge in [0.25, 0.3) is 0 Å². The van der Waals surface area contributed by atoms with E-state index in [0.29, 0.717) is 0 Å². The van der Waals surface area contributed by atoms with Gasteiger partial charge >= 0.3 is 6.16 Å². The third-order valence-corrected chi connectivity index (χ3v) is 2.00. The fourth-order valence-corrected chi connectivity index (χ4v) is 1.26. The van der Waals surface area contributed by atoms with Gasteiger partial charge in [0.15, 0.2) is 0 Å². The van der Waals surface area contributed by atoms with E-state index in [9.17, 15) is 4.79 Å². The molecular weight excluding hydrogens is 168 g/mol. The maximum atomic E-state index is 10.3. The maximum Gasteiger partial charge on any atom is 0.506 e. The van der Waals surface area contributed by atoms with Crippen molar-refractivity contribution in [2.24, 2.45) is 0 Å². The van der Waals surface area contributed by atoms with Crippen molar-refractivity contribution in [1.82, 2.24) is 0 Å². The highest BCUT2D eigenvalue weighted by Crippen LogP contribution is 2.18. The molecule has 3 nitrogen and oxygen atoms in total. The zero-order valence-corrected chi connectivity index (χ0v) is 8.80. The summed E-state index contributed by atoms with van der Waals surface area (Å²) >= 11 is 0. The summed E-state index contributed by atoms with van der Waals surface area (Å²) in [4.78, 5) is 10.3. The van der Waals surface area contributed by atoms with Crippen LogP contribution >= 0.6 is 0 Å². The minimum atomic E-state index is -1.18. The van der Waals surface area contributed by atoms with E-state index in [-0.39, 0.29) is 0 Å². The standard InChI is InChI=1S/C10H20O3/c1-4-5-6-7-8-10(2,3)13-9(11)12/h4-8H2,1-3H3,(H,11,12). The van der Waals surface area contributed by atoms with Crippen LogP contribution in [0.4, 0.5) is 4.79 Å². The largest absolute Gasteiger partial charge is 0.506 e. The van der Waals surface area contributed by atoms with Crippen molar-refractivity contribution in [3.8, 4) is 0 Å². The third kappa shape index (κ3) is 7.62. The van der Waals surface area contributed by atoms with Crippen LogP contribution < -0.4 is 0 Å². The Morgan fingerprint density at radius 2 is 1.92 bits per heavy atom. The number of hydrogen-bond acceptors (Lipinski definition) is 2. The lowest BCUT2D eigenvalue weighted by atomic mass is 10.00. The minimum absolute atomic E-state index is 0.528. The molecule has 3 heteroatoms. The summed E-state index contributed by atoms with van der Waals surface area (Å²) < 4.78 is 4.73. The summed E-state index contributed by atoms with van der Waals surface area (Å²) in [6.45, 7) is 5.78. The average Bonchev–Trinajstić information content (AvgIpc) is 1.95. The molecule has 0 saturated heterocycles. The zero-order chi connectivity index (χ0) is 10.3. The van der Waals surface area contributed by atoms with Gasteiger partial charge in [-0.05, 0) is 26.7 Å². The van der Waals surface area contributed by atoms with Gasteiger partial charge in [0.1, 0.15) is 5.60 Å². The molecular formula is C10H20O3. The minimum Gasteiger partial charge on any atom is -0.450 e. The van der Waals surface area contributed by atoms with Crippen LogP contribution in [0.25, 0.3) is 0 Å². The van der Waals surface area contributed by atoms with Gasteiger partial charge in [0, 0.05) is 0 Å². The Kier molecular flexibility index (Phi) is 5.51. The molecule has 0 unspecified atom stereocenters. The molecule has 13 heavy (non-hydrogen) atoms. The summed E-state index contributed by atoms with van der Waals surface area (Å²) in [6.07, 6.45) is 4.22. The highest BCUT2D eigenvalue weighted by atomic mass is 16.7. The molecule has 0 aromatic heterocycles. The molecule has 0 fully saturated rings. The summed E-state index contributed by atoms with van der Waals surface area (Å²) in [6, 6.07) is 0. The van der Waals surface area contributed by atoms with Crippen molar-refractivity contribution < 1.29 is 14.6 Å². The Labute approximate surface area is 80.1 Å². The topological polar surface area (TPSA) is 46.5 Å². The van der Waals surface area contributed by atoms with Gasteiger partial charge in [0.2, 0.25) is 0 Å². The second-order valence-electron chi connectivity index (χ2n) is 3.94. The lowest BCUT2D eigenvalue weighted by Gasteiger charge is -2.22. The van der Waals surface area contributed by atoms with Crippen molar-refractivity contribution >= 4 is 6.16 Å². The Bertz CT molecular complexity index is 152. The average molecular weight is 188 g/mol. The number of ether oxygens (including phenoxy) is 1. The normalized spacial score (nSPS) is 11.3. The van der Waals surface area contributed by atoms with Gasteiger partial charge in [-0.1, -0.05) is 26.2 Å². The lowest BCUT2D eigenvalue weighted by molar-refractivity contribution is -0.00228. The SMILES string of the molecule is CCCCCCC(C)(C)OC(=O)O. The Hall–Kier alpha value is -0.730. The molecule has 0 aromatic rings. The van der Waals surface area contributed by atoms with Crippen LogP contribution in [0.2, 0.25) is 0 Å². The highest BCUT2D eigenvalue weighted by molar-refractivity contribution is 5.57. The van der Waals surface area contributed by atoms with E-state index in [1.807, 2.05) is 13.8 Å². The second-order valence-corrected chi connectivity index (χ2v) is 3.94. The fraction of sp³-hybridized carbons (Fsp3) is 0.900. The van der Waals surface area contributed by atoms with Crippen LogP contribution in [-0.4, -0.2) is 16.9 Å². The van der Waals surface area contributed by atoms with Gasteiger partial charge < -0.3 is 9.84 Å². The zero-order valence-electron chi connectivity index (χ0n) is 8.80. The third-order valence-electron chi connectivity index (χ3n) is 2.00. The van der Waals surface area contributed by atoms with Gasteiger partial charge in [-0.3, -0.25) is 0 Å². The van der Waals surface area contributed by atoms with Crippen molar-refractivity contribution in [3.05, 3.63) is 0 Å². The van der Waals surface area contributed by atoms with Crippen LogP contribution in [0.1, 0.15) is 52.9 Å². The van der Waals surface area contributed by atoms with Gasteiger partial charge in [0.05, 0.1) is 0 Å². The molecule has 0 rings (SSSR count). The first-order chi connectivity index (χ1) is 5.98. The summed E-state index contributed by atoms with van der Waals surface area (Å²) in [7, 11) is 0. The van der Waals surface area contributed by atoms with E-state index < -0.39 is 11.8 Å². The summed E-state index contributed by atoms with van der Waals surface area (Å²) in [5.41, 5.74) is -0.528. The molecule has 0 aliphatic rings. The quantitative estimate of drug-likeness (QED) is 0.513. The molecule has 0 aromatic carbocycles. The molecule has 0 saturated carbocycles. The second kappa shape index (κ2) is 5.84. The molecule has 0 aliphatic heterocycles. The molecule has 78 valence electrons. The molecule has 0 bridgehead atoms. The summed E-state index contributed by atoms with van der Waals surface area (Å²) in [5.74, 6) is 0.